The molecule has 2 aromatic carbocycles. The van der Waals surface area contributed by atoms with Gasteiger partial charge in [-0.3, -0.25) is 33.6 Å². The molecule has 0 aliphatic carbocycles. The van der Waals surface area contributed by atoms with Crippen molar-refractivity contribution in [2.75, 3.05) is 19.8 Å². The average Bonchev–Trinajstić information content (AvgIpc) is 3.22. The Bertz CT molecular complexity index is 1790. The standard InChI is InChI=1S/C37H53N7O10S.C2HF3O2/c1-21(2)15-26(33(50)39-17-30(48)55-20-25-13-9-6-10-14-25)41-36(53)29(19-46)44-34(51)27(16-24-11-7-5-8-12-24)42-35(52)28(18-45)43-32(49)22(3)40-37(54)31(38)23(4)47;3-2(4,5)1(6)7/h5-14,21-23,26-29,31,45-47H,15-20,38H2,1-4H3,(H,39,50)(H,40,54)(H,41,53)(H,42,52)(H,43,49)(H,44,51);(H,6,7)/t22-,23+,26-,27-,28-,29-,31-;/m0./s1. The van der Waals surface area contributed by atoms with E-state index in [1.54, 1.807) is 30.3 Å². The molecule has 0 saturated heterocycles. The van der Waals surface area contributed by atoms with Gasteiger partial charge in [-0.1, -0.05) is 86.3 Å². The number of amides is 6. The van der Waals surface area contributed by atoms with Gasteiger partial charge in [0.25, 0.3) is 0 Å². The molecule has 0 unspecified atom stereocenters. The predicted molar refractivity (Wildman–Crippen MR) is 218 cm³/mol. The molecule has 62 heavy (non-hydrogen) atoms. The third kappa shape index (κ3) is 20.8. The van der Waals surface area contributed by atoms with Crippen molar-refractivity contribution >= 4 is 58.3 Å². The first-order chi connectivity index (χ1) is 29.0. The summed E-state index contributed by atoms with van der Waals surface area (Å²) in [6, 6.07) is 9.58. The second-order valence-electron chi connectivity index (χ2n) is 14.1. The van der Waals surface area contributed by atoms with Crippen LogP contribution in [0.2, 0.25) is 0 Å². The van der Waals surface area contributed by atoms with E-state index in [1.807, 2.05) is 44.2 Å². The molecule has 0 fully saturated rings. The number of carboxylic acids is 1. The van der Waals surface area contributed by atoms with Gasteiger partial charge in [-0.05, 0) is 37.3 Å². The molecule has 0 radical (unpaired) electrons. The fourth-order valence-electron chi connectivity index (χ4n) is 4.93. The highest BCUT2D eigenvalue weighted by atomic mass is 32.2. The zero-order chi connectivity index (χ0) is 47.2. The van der Waals surface area contributed by atoms with E-state index in [4.69, 9.17) is 15.6 Å². The fourth-order valence-corrected chi connectivity index (χ4v) is 5.62. The second kappa shape index (κ2) is 27.4. The number of aliphatic hydroxyl groups is 3. The molecule has 19 nitrogen and oxygen atoms in total. The van der Waals surface area contributed by atoms with Crippen LogP contribution in [0.5, 0.6) is 0 Å². The SMILES string of the molecule is CC(C)C[C@H](NC(=O)[C@H](CO)NC(=O)[C@H](Cc1ccccc1)NC(=O)[C@H](CO)NC(=O)[C@H](C)NC(=O)[C@@H](N)[C@@H](C)O)C(=O)NCC(=O)SCc1ccccc1.O=C(O)C(F)(F)F. The first kappa shape index (κ1) is 54.4. The van der Waals surface area contributed by atoms with Crippen LogP contribution in [-0.2, 0) is 50.5 Å². The summed E-state index contributed by atoms with van der Waals surface area (Å²) in [5.74, 6) is -7.56. The molecule has 0 heterocycles. The largest absolute Gasteiger partial charge is 0.490 e. The molecule has 344 valence electrons. The van der Waals surface area contributed by atoms with Crippen molar-refractivity contribution in [3.8, 4) is 0 Å². The Morgan fingerprint density at radius 2 is 1.08 bits per heavy atom. The summed E-state index contributed by atoms with van der Waals surface area (Å²) in [4.78, 5) is 99.6. The first-order valence-corrected chi connectivity index (χ1v) is 20.0. The number of nitrogens with two attached hydrogens (primary N) is 1. The van der Waals surface area contributed by atoms with E-state index in [-0.39, 0.29) is 30.4 Å². The predicted octanol–water partition coefficient (Wildman–Crippen LogP) is -1.38. The molecule has 0 saturated carbocycles. The van der Waals surface area contributed by atoms with Gasteiger partial charge >= 0.3 is 12.1 Å². The van der Waals surface area contributed by atoms with Gasteiger partial charge in [0.15, 0.2) is 0 Å². The molecule has 2 aromatic rings. The van der Waals surface area contributed by atoms with E-state index in [2.05, 4.69) is 31.9 Å². The highest BCUT2D eigenvalue weighted by molar-refractivity contribution is 8.13. The Kier molecular flexibility index (Phi) is 24.0. The van der Waals surface area contributed by atoms with Crippen LogP contribution in [0, 0.1) is 5.92 Å². The Balaban J connectivity index is 0.00000251. The van der Waals surface area contributed by atoms with Crippen molar-refractivity contribution in [3.63, 3.8) is 0 Å². The van der Waals surface area contributed by atoms with E-state index in [0.717, 1.165) is 17.3 Å². The van der Waals surface area contributed by atoms with Gasteiger partial charge in [-0.2, -0.15) is 13.2 Å². The van der Waals surface area contributed by atoms with Gasteiger partial charge in [0, 0.05) is 12.2 Å². The number of aliphatic carboxylic acids is 1. The maximum Gasteiger partial charge on any atom is 0.490 e. The lowest BCUT2D eigenvalue weighted by Crippen LogP contribution is -2.61. The van der Waals surface area contributed by atoms with Crippen molar-refractivity contribution in [1.29, 1.82) is 0 Å². The fraction of sp³-hybridized carbons (Fsp3) is 0.487. The normalized spacial score (nSPS) is 14.5. The molecule has 0 aliphatic rings. The summed E-state index contributed by atoms with van der Waals surface area (Å²) < 4.78 is 31.7. The van der Waals surface area contributed by atoms with Crippen LogP contribution in [0.1, 0.15) is 45.2 Å². The van der Waals surface area contributed by atoms with Gasteiger partial charge < -0.3 is 58.1 Å². The Morgan fingerprint density at radius 3 is 1.53 bits per heavy atom. The number of carboxylic acid groups (broad SMARTS) is 1. The summed E-state index contributed by atoms with van der Waals surface area (Å²) in [5.41, 5.74) is 7.12. The number of carbonyl (C=O) groups excluding carboxylic acids is 7. The molecular formula is C39H54F3N7O12S. The summed E-state index contributed by atoms with van der Waals surface area (Å²) in [6.45, 7) is 4.15. The van der Waals surface area contributed by atoms with Gasteiger partial charge in [0.1, 0.15) is 36.3 Å². The molecule has 0 bridgehead atoms. The molecule has 0 spiro atoms. The topological polar surface area (TPSA) is 316 Å². The summed E-state index contributed by atoms with van der Waals surface area (Å²) in [7, 11) is 0. The number of nitrogens with one attached hydrogen (secondary N) is 6. The number of rotatable bonds is 22. The number of halogens is 3. The molecular weight excluding hydrogens is 848 g/mol. The highest BCUT2D eigenvalue weighted by Gasteiger charge is 2.38. The first-order valence-electron chi connectivity index (χ1n) is 19.0. The third-order valence-electron chi connectivity index (χ3n) is 8.35. The Morgan fingerprint density at radius 1 is 0.645 bits per heavy atom. The van der Waals surface area contributed by atoms with Gasteiger partial charge in [-0.25, -0.2) is 4.79 Å². The van der Waals surface area contributed by atoms with Gasteiger partial charge in [0.05, 0.1) is 25.9 Å². The number of hydrogen-bond donors (Lipinski definition) is 11. The number of alkyl halides is 3. The van der Waals surface area contributed by atoms with E-state index in [0.29, 0.717) is 11.3 Å². The monoisotopic (exact) mass is 901 g/mol. The molecule has 12 N–H and O–H groups in total. The van der Waals surface area contributed by atoms with E-state index in [9.17, 15) is 62.1 Å². The van der Waals surface area contributed by atoms with E-state index in [1.165, 1.54) is 13.8 Å². The molecule has 6 amide bonds. The second-order valence-corrected chi connectivity index (χ2v) is 15.1. The minimum Gasteiger partial charge on any atom is -0.475 e. The van der Waals surface area contributed by atoms with Gasteiger partial charge in [0.2, 0.25) is 40.6 Å². The maximum absolute atomic E-state index is 13.6. The quantitative estimate of drug-likeness (QED) is 0.0650. The zero-order valence-electron chi connectivity index (χ0n) is 34.3. The lowest BCUT2D eigenvalue weighted by atomic mass is 10.0. The number of aliphatic hydroxyl groups excluding tert-OH is 3. The Hall–Kier alpha value is -5.62. The van der Waals surface area contributed by atoms with E-state index >= 15 is 0 Å². The van der Waals surface area contributed by atoms with Crippen LogP contribution in [0.3, 0.4) is 0 Å². The summed E-state index contributed by atoms with van der Waals surface area (Å²) in [6.07, 6.45) is -6.22. The third-order valence-corrected chi connectivity index (χ3v) is 9.30. The summed E-state index contributed by atoms with van der Waals surface area (Å²) >= 11 is 1.03. The maximum atomic E-state index is 13.6. The summed E-state index contributed by atoms with van der Waals surface area (Å²) in [5, 5.41) is 51.0. The van der Waals surface area contributed by atoms with Crippen LogP contribution in [-0.4, -0.2) is 135 Å². The molecule has 0 aromatic heterocycles. The average molecular weight is 902 g/mol. The van der Waals surface area contributed by atoms with Gasteiger partial charge in [-0.15, -0.1) is 0 Å². The van der Waals surface area contributed by atoms with Crippen LogP contribution in [0.15, 0.2) is 60.7 Å². The van der Waals surface area contributed by atoms with Crippen molar-refractivity contribution in [2.45, 2.75) is 94.8 Å². The van der Waals surface area contributed by atoms with Crippen LogP contribution < -0.4 is 37.6 Å². The molecule has 23 heteroatoms. The van der Waals surface area contributed by atoms with Crippen molar-refractivity contribution in [2.24, 2.45) is 11.7 Å². The molecule has 2 rings (SSSR count). The lowest BCUT2D eigenvalue weighted by molar-refractivity contribution is -0.192. The molecule has 7 atom stereocenters. The highest BCUT2D eigenvalue weighted by Crippen LogP contribution is 2.14. The Labute approximate surface area is 359 Å². The smallest absolute Gasteiger partial charge is 0.475 e. The lowest BCUT2D eigenvalue weighted by Gasteiger charge is -2.26. The van der Waals surface area contributed by atoms with Crippen molar-refractivity contribution in [1.82, 2.24) is 31.9 Å². The molecule has 0 aliphatic heterocycles. The number of hydrogen-bond acceptors (Lipinski definition) is 13. The van der Waals surface area contributed by atoms with Crippen LogP contribution in [0.25, 0.3) is 0 Å². The van der Waals surface area contributed by atoms with Crippen molar-refractivity contribution in [3.05, 3.63) is 71.8 Å². The minimum absolute atomic E-state index is 0.0760. The minimum atomic E-state index is -5.08. The zero-order valence-corrected chi connectivity index (χ0v) is 35.1. The van der Waals surface area contributed by atoms with Crippen molar-refractivity contribution < 1.29 is 72.0 Å². The van der Waals surface area contributed by atoms with Crippen LogP contribution in [0.4, 0.5) is 13.2 Å². The van der Waals surface area contributed by atoms with E-state index < -0.39 is 103 Å². The number of thioether (sulfide) groups is 1. The number of benzene rings is 2. The number of carbonyl (C=O) groups is 8. The van der Waals surface area contributed by atoms with Crippen LogP contribution >= 0.6 is 11.8 Å².